The molecule has 27 heavy (non-hydrogen) atoms. The second-order valence-corrected chi connectivity index (χ2v) is 8.38. The van der Waals surface area contributed by atoms with Crippen LogP contribution in [0, 0.1) is 6.92 Å². The molecule has 0 fully saturated rings. The number of carbonyl (C=O) groups is 1. The van der Waals surface area contributed by atoms with Crippen LogP contribution in [-0.2, 0) is 0 Å². The van der Waals surface area contributed by atoms with Gasteiger partial charge in [0.05, 0.1) is 16.3 Å². The summed E-state index contributed by atoms with van der Waals surface area (Å²) in [6, 6.07) is 9.52. The van der Waals surface area contributed by atoms with Crippen LogP contribution in [0.25, 0.3) is 15.9 Å². The lowest BCUT2D eigenvalue weighted by Crippen LogP contribution is -2.24. The Labute approximate surface area is 167 Å². The van der Waals surface area contributed by atoms with Crippen LogP contribution in [0.4, 0.5) is 0 Å². The first kappa shape index (κ1) is 18.3. The maximum atomic E-state index is 12.6. The Bertz CT molecular complexity index is 1000. The quantitative estimate of drug-likeness (QED) is 0.562. The molecular formula is C21H22ClN3OS. The van der Waals surface area contributed by atoms with Crippen molar-refractivity contribution < 1.29 is 4.79 Å². The fraction of sp³-hybridized carbons (Fsp3) is 0.333. The number of carbonyl (C=O) groups excluding carboxylic acids is 1. The van der Waals surface area contributed by atoms with E-state index in [1.807, 2.05) is 41.9 Å². The molecule has 0 atom stereocenters. The minimum atomic E-state index is -0.00494. The largest absolute Gasteiger partial charge is 0.351 e. The van der Waals surface area contributed by atoms with Crippen LogP contribution in [0.2, 0.25) is 5.02 Å². The van der Waals surface area contributed by atoms with E-state index in [0.717, 1.165) is 32.9 Å². The van der Waals surface area contributed by atoms with Crippen LogP contribution < -0.4 is 5.32 Å². The smallest absolute Gasteiger partial charge is 0.261 e. The minimum Gasteiger partial charge on any atom is -0.351 e. The Hall–Kier alpha value is -2.11. The van der Waals surface area contributed by atoms with Gasteiger partial charge in [-0.3, -0.25) is 4.79 Å². The highest BCUT2D eigenvalue weighted by molar-refractivity contribution is 7.20. The van der Waals surface area contributed by atoms with Gasteiger partial charge in [0.2, 0.25) is 0 Å². The number of aryl methyl sites for hydroxylation is 1. The molecule has 0 radical (unpaired) electrons. The molecule has 0 saturated carbocycles. The molecule has 1 aliphatic carbocycles. The van der Waals surface area contributed by atoms with Gasteiger partial charge in [0.1, 0.15) is 4.83 Å². The molecule has 6 heteroatoms. The molecule has 2 heterocycles. The Morgan fingerprint density at radius 2 is 2.11 bits per heavy atom. The normalized spacial score (nSPS) is 14.4. The molecule has 0 saturated heterocycles. The SMILES string of the molecule is Cc1nn(-c2ccc(Cl)cc2)c2sc(C(=O)NCCC3=CCCCC3)cc12. The predicted octanol–water partition coefficient (Wildman–Crippen LogP) is 5.67. The molecule has 1 aromatic carbocycles. The van der Waals surface area contributed by atoms with E-state index in [4.69, 9.17) is 11.6 Å². The summed E-state index contributed by atoms with van der Waals surface area (Å²) < 4.78 is 1.88. The number of fused-ring (bicyclic) bond motifs is 1. The molecule has 2 aromatic heterocycles. The lowest BCUT2D eigenvalue weighted by molar-refractivity contribution is 0.0958. The molecule has 0 bridgehead atoms. The van der Waals surface area contributed by atoms with Crippen LogP contribution >= 0.6 is 22.9 Å². The number of amides is 1. The van der Waals surface area contributed by atoms with Gasteiger partial charge in [-0.2, -0.15) is 5.10 Å². The van der Waals surface area contributed by atoms with Crippen LogP contribution in [-0.4, -0.2) is 22.2 Å². The number of allylic oxidation sites excluding steroid dienone is 1. The molecular weight excluding hydrogens is 378 g/mol. The Morgan fingerprint density at radius 1 is 1.30 bits per heavy atom. The van der Waals surface area contributed by atoms with Gasteiger partial charge in [-0.05, 0) is 69.4 Å². The highest BCUT2D eigenvalue weighted by Gasteiger charge is 2.17. The lowest BCUT2D eigenvalue weighted by atomic mass is 9.97. The van der Waals surface area contributed by atoms with Crippen molar-refractivity contribution in [1.82, 2.24) is 15.1 Å². The van der Waals surface area contributed by atoms with E-state index in [1.165, 1.54) is 42.6 Å². The van der Waals surface area contributed by atoms with Crippen molar-refractivity contribution in [3.8, 4) is 5.69 Å². The molecule has 3 aromatic rings. The number of rotatable bonds is 5. The van der Waals surface area contributed by atoms with Crippen molar-refractivity contribution >= 4 is 39.1 Å². The molecule has 4 nitrogen and oxygen atoms in total. The first-order valence-electron chi connectivity index (χ1n) is 9.33. The first-order valence-corrected chi connectivity index (χ1v) is 10.5. The van der Waals surface area contributed by atoms with Crippen molar-refractivity contribution in [3.05, 3.63) is 57.6 Å². The van der Waals surface area contributed by atoms with E-state index < -0.39 is 0 Å². The fourth-order valence-corrected chi connectivity index (χ4v) is 4.70. The van der Waals surface area contributed by atoms with E-state index in [9.17, 15) is 4.79 Å². The third kappa shape index (κ3) is 3.94. The summed E-state index contributed by atoms with van der Waals surface area (Å²) >= 11 is 7.47. The van der Waals surface area contributed by atoms with E-state index in [0.29, 0.717) is 11.6 Å². The monoisotopic (exact) mass is 399 g/mol. The van der Waals surface area contributed by atoms with Crippen LogP contribution in [0.15, 0.2) is 42.0 Å². The van der Waals surface area contributed by atoms with E-state index in [2.05, 4.69) is 16.5 Å². The third-order valence-corrected chi connectivity index (χ3v) is 6.32. The molecule has 1 amide bonds. The van der Waals surface area contributed by atoms with Crippen molar-refractivity contribution in [2.24, 2.45) is 0 Å². The number of hydrogen-bond donors (Lipinski definition) is 1. The zero-order chi connectivity index (χ0) is 18.8. The van der Waals surface area contributed by atoms with Gasteiger partial charge in [-0.1, -0.05) is 23.3 Å². The number of benzene rings is 1. The van der Waals surface area contributed by atoms with Crippen LogP contribution in [0.3, 0.4) is 0 Å². The maximum Gasteiger partial charge on any atom is 0.261 e. The zero-order valence-corrected chi connectivity index (χ0v) is 16.9. The van der Waals surface area contributed by atoms with Gasteiger partial charge in [-0.25, -0.2) is 4.68 Å². The first-order chi connectivity index (χ1) is 13.1. The number of halogens is 1. The second-order valence-electron chi connectivity index (χ2n) is 6.92. The van der Waals surface area contributed by atoms with Crippen LogP contribution in [0.5, 0.6) is 0 Å². The average molecular weight is 400 g/mol. The molecule has 0 unspecified atom stereocenters. The predicted molar refractivity (Wildman–Crippen MR) is 112 cm³/mol. The Morgan fingerprint density at radius 3 is 2.85 bits per heavy atom. The van der Waals surface area contributed by atoms with E-state index >= 15 is 0 Å². The number of thiophene rings is 1. The second kappa shape index (κ2) is 7.87. The minimum absolute atomic E-state index is 0.00494. The number of aromatic nitrogens is 2. The van der Waals surface area contributed by atoms with Crippen molar-refractivity contribution in [1.29, 1.82) is 0 Å². The average Bonchev–Trinajstić information content (AvgIpc) is 3.24. The topological polar surface area (TPSA) is 46.9 Å². The highest BCUT2D eigenvalue weighted by atomic mass is 35.5. The van der Waals surface area contributed by atoms with Crippen LogP contribution in [0.1, 0.15) is 47.5 Å². The fourth-order valence-electron chi connectivity index (χ4n) is 3.47. The number of hydrogen-bond acceptors (Lipinski definition) is 3. The maximum absolute atomic E-state index is 12.6. The van der Waals surface area contributed by atoms with Gasteiger partial charge in [0.15, 0.2) is 0 Å². The Kier molecular flexibility index (Phi) is 5.32. The Balaban J connectivity index is 1.51. The number of nitrogens with one attached hydrogen (secondary N) is 1. The summed E-state index contributed by atoms with van der Waals surface area (Å²) in [6.45, 7) is 2.67. The third-order valence-electron chi connectivity index (χ3n) is 4.96. The highest BCUT2D eigenvalue weighted by Crippen LogP contribution is 2.30. The number of nitrogens with zero attached hydrogens (tertiary/aromatic N) is 2. The van der Waals surface area contributed by atoms with Gasteiger partial charge in [-0.15, -0.1) is 11.3 Å². The standard InChI is InChI=1S/C21H22ClN3OS/c1-14-18-13-19(20(26)23-12-11-15-5-3-2-4-6-15)27-21(18)25(24-14)17-9-7-16(22)8-10-17/h5,7-10,13H,2-4,6,11-12H2,1H3,(H,23,26). The summed E-state index contributed by atoms with van der Waals surface area (Å²) in [5, 5.41) is 9.40. The summed E-state index contributed by atoms with van der Waals surface area (Å²) in [6.07, 6.45) is 8.21. The zero-order valence-electron chi connectivity index (χ0n) is 15.3. The molecule has 1 N–H and O–H groups in total. The molecule has 140 valence electrons. The molecule has 0 spiro atoms. The van der Waals surface area contributed by atoms with Gasteiger partial charge >= 0.3 is 0 Å². The lowest BCUT2D eigenvalue weighted by Gasteiger charge is -2.12. The summed E-state index contributed by atoms with van der Waals surface area (Å²) in [4.78, 5) is 14.3. The summed E-state index contributed by atoms with van der Waals surface area (Å²) in [7, 11) is 0. The molecule has 0 aliphatic heterocycles. The van der Waals surface area contributed by atoms with Gasteiger partial charge in [0, 0.05) is 17.0 Å². The van der Waals surface area contributed by atoms with Gasteiger partial charge < -0.3 is 5.32 Å². The van der Waals surface area contributed by atoms with Crippen molar-refractivity contribution in [2.75, 3.05) is 6.54 Å². The summed E-state index contributed by atoms with van der Waals surface area (Å²) in [5.74, 6) is -0.00494. The van der Waals surface area contributed by atoms with E-state index in [1.54, 1.807) is 0 Å². The van der Waals surface area contributed by atoms with Crippen molar-refractivity contribution in [2.45, 2.75) is 39.0 Å². The van der Waals surface area contributed by atoms with Gasteiger partial charge in [0.25, 0.3) is 5.91 Å². The molecule has 4 rings (SSSR count). The summed E-state index contributed by atoms with van der Waals surface area (Å²) in [5.41, 5.74) is 3.34. The molecule has 1 aliphatic rings. The van der Waals surface area contributed by atoms with Crippen molar-refractivity contribution in [3.63, 3.8) is 0 Å². The van der Waals surface area contributed by atoms with E-state index in [-0.39, 0.29) is 5.91 Å².